The van der Waals surface area contributed by atoms with Crippen molar-refractivity contribution in [3.8, 4) is 0 Å². The van der Waals surface area contributed by atoms with Crippen LogP contribution >= 0.6 is 11.6 Å². The second kappa shape index (κ2) is 2.25. The SMILES string of the molecule is C[C@]12CC[C@H](C1)[C@@](C)(CCl)C2=O. The lowest BCUT2D eigenvalue weighted by Gasteiger charge is -2.32. The number of Topliss-reactive ketones (excluding diaryl/α,β-unsaturated/α-hetero) is 1. The van der Waals surface area contributed by atoms with Crippen LogP contribution in [-0.4, -0.2) is 11.7 Å². The van der Waals surface area contributed by atoms with E-state index >= 15 is 0 Å². The molecule has 0 N–H and O–H groups in total. The van der Waals surface area contributed by atoms with E-state index in [4.69, 9.17) is 11.6 Å². The van der Waals surface area contributed by atoms with E-state index < -0.39 is 0 Å². The van der Waals surface area contributed by atoms with Crippen molar-refractivity contribution in [3.63, 3.8) is 0 Å². The summed E-state index contributed by atoms with van der Waals surface area (Å²) >= 11 is 5.88. The van der Waals surface area contributed by atoms with Gasteiger partial charge in [-0.25, -0.2) is 0 Å². The Morgan fingerprint density at radius 2 is 2.25 bits per heavy atom. The third-order valence-corrected chi connectivity index (χ3v) is 4.54. The maximum atomic E-state index is 12.0. The van der Waals surface area contributed by atoms with Gasteiger partial charge in [-0.3, -0.25) is 4.79 Å². The van der Waals surface area contributed by atoms with Crippen molar-refractivity contribution in [1.82, 2.24) is 0 Å². The Labute approximate surface area is 78.5 Å². The van der Waals surface area contributed by atoms with Crippen molar-refractivity contribution in [1.29, 1.82) is 0 Å². The highest BCUT2D eigenvalue weighted by Gasteiger charge is 2.60. The van der Waals surface area contributed by atoms with E-state index in [1.165, 1.54) is 6.42 Å². The number of alkyl halides is 1. The summed E-state index contributed by atoms with van der Waals surface area (Å²) in [6.07, 6.45) is 3.36. The first-order valence-corrected chi connectivity index (χ1v) is 5.17. The van der Waals surface area contributed by atoms with Gasteiger partial charge < -0.3 is 0 Å². The largest absolute Gasteiger partial charge is 0.298 e. The molecule has 1 nitrogen and oxygen atoms in total. The van der Waals surface area contributed by atoms with Crippen LogP contribution in [0, 0.1) is 16.7 Å². The smallest absolute Gasteiger partial charge is 0.146 e. The summed E-state index contributed by atoms with van der Waals surface area (Å²) in [5.41, 5.74) is -0.219. The molecule has 12 heavy (non-hydrogen) atoms. The van der Waals surface area contributed by atoms with Crippen molar-refractivity contribution in [2.45, 2.75) is 33.1 Å². The fraction of sp³-hybridized carbons (Fsp3) is 0.900. The molecule has 2 rings (SSSR count). The van der Waals surface area contributed by atoms with Crippen LogP contribution in [0.4, 0.5) is 0 Å². The van der Waals surface area contributed by atoms with Gasteiger partial charge in [0.1, 0.15) is 5.78 Å². The molecule has 2 heteroatoms. The molecule has 0 aromatic carbocycles. The summed E-state index contributed by atoms with van der Waals surface area (Å²) in [5.74, 6) is 1.49. The van der Waals surface area contributed by atoms with Crippen LogP contribution in [0.5, 0.6) is 0 Å². The number of hydrogen-bond donors (Lipinski definition) is 0. The van der Waals surface area contributed by atoms with Crippen molar-refractivity contribution in [2.75, 3.05) is 5.88 Å². The minimum Gasteiger partial charge on any atom is -0.298 e. The van der Waals surface area contributed by atoms with Crippen LogP contribution < -0.4 is 0 Å². The lowest BCUT2D eigenvalue weighted by Crippen LogP contribution is -2.39. The fourth-order valence-corrected chi connectivity index (χ4v) is 3.37. The number of ketones is 1. The van der Waals surface area contributed by atoms with Gasteiger partial charge in [0.25, 0.3) is 0 Å². The van der Waals surface area contributed by atoms with E-state index in [1.54, 1.807) is 0 Å². The van der Waals surface area contributed by atoms with Crippen molar-refractivity contribution in [2.24, 2.45) is 16.7 Å². The summed E-state index contributed by atoms with van der Waals surface area (Å²) in [6.45, 7) is 4.14. The zero-order valence-electron chi connectivity index (χ0n) is 7.69. The number of hydrogen-bond acceptors (Lipinski definition) is 1. The average Bonchev–Trinajstić information content (AvgIpc) is 2.52. The molecule has 68 valence electrons. The molecule has 2 fully saturated rings. The van der Waals surface area contributed by atoms with Crippen molar-refractivity contribution >= 4 is 17.4 Å². The maximum Gasteiger partial charge on any atom is 0.146 e. The lowest BCUT2D eigenvalue weighted by molar-refractivity contribution is -0.134. The molecule has 2 aliphatic carbocycles. The Morgan fingerprint density at radius 3 is 2.58 bits per heavy atom. The van der Waals surface area contributed by atoms with Crippen LogP contribution in [0.1, 0.15) is 33.1 Å². The van der Waals surface area contributed by atoms with E-state index in [1.807, 2.05) is 6.92 Å². The molecule has 0 spiro atoms. The average molecular weight is 187 g/mol. The highest BCUT2D eigenvalue weighted by atomic mass is 35.5. The number of halogens is 1. The molecule has 0 amide bonds. The molecule has 2 bridgehead atoms. The van der Waals surface area contributed by atoms with Gasteiger partial charge in [0.15, 0.2) is 0 Å². The third kappa shape index (κ3) is 0.783. The first kappa shape index (κ1) is 8.55. The van der Waals surface area contributed by atoms with Crippen LogP contribution in [0.2, 0.25) is 0 Å². The molecule has 0 aliphatic heterocycles. The number of rotatable bonds is 1. The third-order valence-electron chi connectivity index (χ3n) is 3.99. The molecule has 0 aromatic heterocycles. The van der Waals surface area contributed by atoms with Gasteiger partial charge in [-0.2, -0.15) is 0 Å². The molecule has 2 aliphatic rings. The van der Waals surface area contributed by atoms with Gasteiger partial charge in [0, 0.05) is 16.7 Å². The minimum atomic E-state index is -0.200. The summed E-state index contributed by atoms with van der Waals surface area (Å²) in [6, 6.07) is 0. The summed E-state index contributed by atoms with van der Waals surface area (Å²) in [7, 11) is 0. The van der Waals surface area contributed by atoms with Gasteiger partial charge in [-0.1, -0.05) is 13.8 Å². The first-order valence-electron chi connectivity index (χ1n) is 4.64. The summed E-state index contributed by atoms with van der Waals surface area (Å²) < 4.78 is 0. The van der Waals surface area contributed by atoms with E-state index in [0.29, 0.717) is 17.6 Å². The van der Waals surface area contributed by atoms with Crippen LogP contribution in [0.15, 0.2) is 0 Å². The summed E-state index contributed by atoms with van der Waals surface area (Å²) in [4.78, 5) is 12.0. The molecule has 0 unspecified atom stereocenters. The molecule has 0 saturated heterocycles. The predicted molar refractivity (Wildman–Crippen MR) is 49.3 cm³/mol. The van der Waals surface area contributed by atoms with Crippen LogP contribution in [-0.2, 0) is 4.79 Å². The molecule has 2 saturated carbocycles. The highest BCUT2D eigenvalue weighted by molar-refractivity contribution is 6.20. The lowest BCUT2D eigenvalue weighted by atomic mass is 9.71. The Bertz CT molecular complexity index is 238. The molecular formula is C10H15ClO. The predicted octanol–water partition coefficient (Wildman–Crippen LogP) is 2.62. The number of fused-ring (bicyclic) bond motifs is 2. The Hall–Kier alpha value is -0.0400. The van der Waals surface area contributed by atoms with Gasteiger partial charge >= 0.3 is 0 Å². The second-order valence-electron chi connectivity index (χ2n) is 4.88. The Balaban J connectivity index is 2.38. The maximum absolute atomic E-state index is 12.0. The standard InChI is InChI=1S/C10H15ClO/c1-9-4-3-7(5-9)10(2,6-11)8(9)12/h7H,3-6H2,1-2H3/t7-,9+,10-/m1/s1. The number of carbonyl (C=O) groups excluding carboxylic acids is 1. The van der Waals surface area contributed by atoms with E-state index in [9.17, 15) is 4.79 Å². The second-order valence-corrected chi connectivity index (χ2v) is 5.15. The quantitative estimate of drug-likeness (QED) is 0.576. The molecular weight excluding hydrogens is 172 g/mol. The fourth-order valence-electron chi connectivity index (χ4n) is 3.04. The zero-order chi connectivity index (χ0) is 8.98. The Morgan fingerprint density at radius 1 is 1.58 bits per heavy atom. The Kier molecular flexibility index (Phi) is 1.61. The van der Waals surface area contributed by atoms with Crippen LogP contribution in [0.3, 0.4) is 0 Å². The summed E-state index contributed by atoms with van der Waals surface area (Å²) in [5, 5.41) is 0. The molecule has 0 heterocycles. The van der Waals surface area contributed by atoms with Gasteiger partial charge in [-0.05, 0) is 25.2 Å². The monoisotopic (exact) mass is 186 g/mol. The normalized spacial score (nSPS) is 51.9. The number of carbonyl (C=O) groups is 1. The molecule has 0 radical (unpaired) electrons. The van der Waals surface area contributed by atoms with E-state index in [0.717, 1.165) is 12.8 Å². The van der Waals surface area contributed by atoms with Gasteiger partial charge in [0.2, 0.25) is 0 Å². The van der Waals surface area contributed by atoms with Crippen molar-refractivity contribution in [3.05, 3.63) is 0 Å². The van der Waals surface area contributed by atoms with Crippen LogP contribution in [0.25, 0.3) is 0 Å². The molecule has 3 atom stereocenters. The van der Waals surface area contributed by atoms with E-state index in [-0.39, 0.29) is 10.8 Å². The van der Waals surface area contributed by atoms with Gasteiger partial charge in [-0.15, -0.1) is 11.6 Å². The first-order chi connectivity index (χ1) is 5.53. The van der Waals surface area contributed by atoms with Crippen molar-refractivity contribution < 1.29 is 4.79 Å². The zero-order valence-corrected chi connectivity index (χ0v) is 8.45. The minimum absolute atomic E-state index is 0.0195. The highest BCUT2D eigenvalue weighted by Crippen LogP contribution is 2.60. The molecule has 0 aromatic rings. The van der Waals surface area contributed by atoms with Gasteiger partial charge in [0.05, 0.1) is 0 Å². The topological polar surface area (TPSA) is 17.1 Å². The van der Waals surface area contributed by atoms with E-state index in [2.05, 4.69) is 6.92 Å².